The number of nitrogens with zero attached hydrogens (tertiary/aromatic N) is 1. The van der Waals surface area contributed by atoms with Gasteiger partial charge in [-0.25, -0.2) is 4.39 Å². The maximum absolute atomic E-state index is 14.4. The lowest BCUT2D eigenvalue weighted by atomic mass is 10.0. The highest BCUT2D eigenvalue weighted by Crippen LogP contribution is 2.34. The van der Waals surface area contributed by atoms with Crippen molar-refractivity contribution < 1.29 is 4.39 Å². The van der Waals surface area contributed by atoms with Gasteiger partial charge in [-0.1, -0.05) is 24.6 Å². The van der Waals surface area contributed by atoms with E-state index >= 15 is 0 Å². The molecule has 0 fully saturated rings. The zero-order valence-electron chi connectivity index (χ0n) is 10.6. The summed E-state index contributed by atoms with van der Waals surface area (Å²) in [7, 11) is 0. The lowest BCUT2D eigenvalue weighted by Gasteiger charge is -2.20. The third-order valence-electron chi connectivity index (χ3n) is 2.84. The molecule has 1 atom stereocenters. The van der Waals surface area contributed by atoms with Crippen molar-refractivity contribution in [3.8, 4) is 0 Å². The van der Waals surface area contributed by atoms with Crippen LogP contribution in [0.4, 0.5) is 4.39 Å². The molecular formula is C14H12Br2ClFN2. The van der Waals surface area contributed by atoms with Gasteiger partial charge in [0.1, 0.15) is 5.82 Å². The van der Waals surface area contributed by atoms with Gasteiger partial charge in [-0.3, -0.25) is 4.98 Å². The summed E-state index contributed by atoms with van der Waals surface area (Å²) in [5, 5.41) is 3.32. The van der Waals surface area contributed by atoms with Gasteiger partial charge in [-0.2, -0.15) is 0 Å². The Morgan fingerprint density at radius 1 is 1.30 bits per heavy atom. The van der Waals surface area contributed by atoms with Crippen LogP contribution in [0, 0.1) is 5.82 Å². The molecule has 2 aromatic rings. The van der Waals surface area contributed by atoms with Gasteiger partial charge in [0, 0.05) is 20.7 Å². The third kappa shape index (κ3) is 3.22. The van der Waals surface area contributed by atoms with Gasteiger partial charge in [0.2, 0.25) is 0 Å². The van der Waals surface area contributed by atoms with Crippen molar-refractivity contribution in [2.75, 3.05) is 6.54 Å². The lowest BCUT2D eigenvalue weighted by Crippen LogP contribution is -2.24. The van der Waals surface area contributed by atoms with Crippen molar-refractivity contribution in [1.82, 2.24) is 10.3 Å². The SMILES string of the molecule is CCNC(c1ccc(Br)c(Cl)c1F)c1ncccc1Br. The summed E-state index contributed by atoms with van der Waals surface area (Å²) in [5.74, 6) is -0.440. The topological polar surface area (TPSA) is 24.9 Å². The minimum Gasteiger partial charge on any atom is -0.305 e. The highest BCUT2D eigenvalue weighted by molar-refractivity contribution is 9.10. The molecule has 0 spiro atoms. The van der Waals surface area contributed by atoms with E-state index in [2.05, 4.69) is 42.2 Å². The first-order chi connectivity index (χ1) is 9.56. The second-order valence-electron chi connectivity index (χ2n) is 4.13. The molecule has 0 bridgehead atoms. The summed E-state index contributed by atoms with van der Waals surface area (Å²) in [6, 6.07) is 6.79. The van der Waals surface area contributed by atoms with E-state index in [4.69, 9.17) is 11.6 Å². The second kappa shape index (κ2) is 6.98. The van der Waals surface area contributed by atoms with Crippen LogP contribution in [0.1, 0.15) is 24.2 Å². The molecule has 0 radical (unpaired) electrons. The standard InChI is InChI=1S/C14H12Br2ClFN2/c1-2-19-13(14-10(16)4-3-7-20-14)8-5-6-9(15)11(17)12(8)18/h3-7,13,19H,2H2,1H3. The van der Waals surface area contributed by atoms with Crippen molar-refractivity contribution in [3.63, 3.8) is 0 Å². The van der Waals surface area contributed by atoms with E-state index in [0.717, 1.165) is 10.2 Å². The summed E-state index contributed by atoms with van der Waals surface area (Å²) in [4.78, 5) is 4.34. The number of rotatable bonds is 4. The quantitative estimate of drug-likeness (QED) is 0.694. The fourth-order valence-corrected chi connectivity index (χ4v) is 2.89. The monoisotopic (exact) mass is 420 g/mol. The van der Waals surface area contributed by atoms with Gasteiger partial charge in [0.25, 0.3) is 0 Å². The predicted molar refractivity (Wildman–Crippen MR) is 86.6 cm³/mol. The van der Waals surface area contributed by atoms with Crippen LogP contribution in [0.15, 0.2) is 39.4 Å². The van der Waals surface area contributed by atoms with Crippen LogP contribution in [-0.2, 0) is 0 Å². The highest BCUT2D eigenvalue weighted by atomic mass is 79.9. The normalized spacial score (nSPS) is 12.4. The Hall–Kier alpha value is -0.490. The maximum Gasteiger partial charge on any atom is 0.148 e. The fourth-order valence-electron chi connectivity index (χ4n) is 1.93. The third-order valence-corrected chi connectivity index (χ3v) is 4.77. The first-order valence-electron chi connectivity index (χ1n) is 6.03. The van der Waals surface area contributed by atoms with Crippen molar-refractivity contribution in [2.45, 2.75) is 13.0 Å². The Balaban J connectivity index is 2.55. The van der Waals surface area contributed by atoms with Crippen LogP contribution in [0.25, 0.3) is 0 Å². The first-order valence-corrected chi connectivity index (χ1v) is 7.99. The van der Waals surface area contributed by atoms with Gasteiger partial charge < -0.3 is 5.32 Å². The van der Waals surface area contributed by atoms with E-state index in [1.165, 1.54) is 0 Å². The lowest BCUT2D eigenvalue weighted by molar-refractivity contribution is 0.550. The number of nitrogens with one attached hydrogen (secondary N) is 1. The summed E-state index contributed by atoms with van der Waals surface area (Å²) < 4.78 is 15.8. The predicted octanol–water partition coefficient (Wildman–Crippen LogP) is 5.10. The Labute approximate surface area is 139 Å². The van der Waals surface area contributed by atoms with E-state index in [0.29, 0.717) is 16.6 Å². The van der Waals surface area contributed by atoms with Gasteiger partial charge >= 0.3 is 0 Å². The van der Waals surface area contributed by atoms with Crippen molar-refractivity contribution in [1.29, 1.82) is 0 Å². The molecule has 1 heterocycles. The molecular weight excluding hydrogens is 410 g/mol. The van der Waals surface area contributed by atoms with Crippen LogP contribution in [0.3, 0.4) is 0 Å². The Kier molecular flexibility index (Phi) is 5.55. The van der Waals surface area contributed by atoms with E-state index < -0.39 is 5.82 Å². The maximum atomic E-state index is 14.4. The zero-order valence-corrected chi connectivity index (χ0v) is 14.6. The summed E-state index contributed by atoms with van der Waals surface area (Å²) in [6.45, 7) is 2.64. The number of halogens is 4. The molecule has 1 aromatic carbocycles. The number of pyridine rings is 1. The number of benzene rings is 1. The fraction of sp³-hybridized carbons (Fsp3) is 0.214. The molecule has 20 heavy (non-hydrogen) atoms. The minimum absolute atomic E-state index is 0.0810. The van der Waals surface area contributed by atoms with Crippen LogP contribution < -0.4 is 5.32 Å². The molecule has 2 rings (SSSR count). The second-order valence-corrected chi connectivity index (χ2v) is 6.21. The van der Waals surface area contributed by atoms with Crippen molar-refractivity contribution >= 4 is 43.5 Å². The van der Waals surface area contributed by atoms with Gasteiger partial charge in [0.15, 0.2) is 0 Å². The molecule has 0 saturated heterocycles. The molecule has 0 saturated carbocycles. The average molecular weight is 423 g/mol. The molecule has 2 nitrogen and oxygen atoms in total. The summed E-state index contributed by atoms with van der Waals surface area (Å²) >= 11 is 12.6. The van der Waals surface area contributed by atoms with E-state index in [1.54, 1.807) is 18.3 Å². The van der Waals surface area contributed by atoms with E-state index in [-0.39, 0.29) is 11.1 Å². The molecule has 1 N–H and O–H groups in total. The summed E-state index contributed by atoms with van der Waals surface area (Å²) in [5.41, 5.74) is 1.20. The van der Waals surface area contributed by atoms with Gasteiger partial charge in [-0.05, 0) is 56.6 Å². The van der Waals surface area contributed by atoms with Crippen molar-refractivity contribution in [2.24, 2.45) is 0 Å². The van der Waals surface area contributed by atoms with E-state index in [1.807, 2.05) is 19.1 Å². The van der Waals surface area contributed by atoms with Crippen LogP contribution in [0.2, 0.25) is 5.02 Å². The molecule has 106 valence electrons. The number of hydrogen-bond donors (Lipinski definition) is 1. The first kappa shape index (κ1) is 15.9. The smallest absolute Gasteiger partial charge is 0.148 e. The molecule has 0 aliphatic rings. The van der Waals surface area contributed by atoms with Crippen LogP contribution in [-0.4, -0.2) is 11.5 Å². The minimum atomic E-state index is -0.440. The molecule has 0 aliphatic heterocycles. The largest absolute Gasteiger partial charge is 0.305 e. The Morgan fingerprint density at radius 3 is 2.70 bits per heavy atom. The molecule has 1 unspecified atom stereocenters. The Morgan fingerprint density at radius 2 is 2.05 bits per heavy atom. The molecule has 1 aromatic heterocycles. The Bertz CT molecular complexity index is 622. The van der Waals surface area contributed by atoms with Crippen LogP contribution >= 0.6 is 43.5 Å². The average Bonchev–Trinajstić information content (AvgIpc) is 2.44. The van der Waals surface area contributed by atoms with Gasteiger partial charge in [0.05, 0.1) is 16.8 Å². The molecule has 6 heteroatoms. The van der Waals surface area contributed by atoms with Gasteiger partial charge in [-0.15, -0.1) is 0 Å². The van der Waals surface area contributed by atoms with E-state index in [9.17, 15) is 4.39 Å². The number of aromatic nitrogens is 1. The zero-order chi connectivity index (χ0) is 14.7. The summed E-state index contributed by atoms with van der Waals surface area (Å²) in [6.07, 6.45) is 1.68. The molecule has 0 aliphatic carbocycles. The number of hydrogen-bond acceptors (Lipinski definition) is 2. The van der Waals surface area contributed by atoms with Crippen molar-refractivity contribution in [3.05, 3.63) is 61.5 Å². The van der Waals surface area contributed by atoms with Crippen LogP contribution in [0.5, 0.6) is 0 Å². The highest BCUT2D eigenvalue weighted by Gasteiger charge is 2.22. The molecule has 0 amide bonds.